The molecule has 1 N–H and O–H groups in total. The second kappa shape index (κ2) is 6.77. The molecule has 1 atom stereocenters. The van der Waals surface area contributed by atoms with Crippen molar-refractivity contribution in [1.82, 2.24) is 20.0 Å². The van der Waals surface area contributed by atoms with Crippen LogP contribution in [0, 0.1) is 5.92 Å². The minimum absolute atomic E-state index is 0.229. The van der Waals surface area contributed by atoms with Crippen molar-refractivity contribution < 1.29 is 4.79 Å². The SMILES string of the molecule is O=C(NCC[C@@H]1CN(Cc2ccccc2)Cc2ccnn21)C1CC1. The van der Waals surface area contributed by atoms with Crippen molar-refractivity contribution in [3.63, 3.8) is 0 Å². The third kappa shape index (κ3) is 3.51. The van der Waals surface area contributed by atoms with Gasteiger partial charge in [0.2, 0.25) is 5.91 Å². The number of benzene rings is 1. The molecule has 5 heteroatoms. The molecule has 0 spiro atoms. The molecule has 0 radical (unpaired) electrons. The third-order valence-corrected chi connectivity index (χ3v) is 4.93. The predicted octanol–water partition coefficient (Wildman–Crippen LogP) is 2.36. The number of hydrogen-bond acceptors (Lipinski definition) is 3. The zero-order chi connectivity index (χ0) is 16.4. The van der Waals surface area contributed by atoms with Crippen molar-refractivity contribution in [1.29, 1.82) is 0 Å². The first-order chi connectivity index (χ1) is 11.8. The lowest BCUT2D eigenvalue weighted by molar-refractivity contribution is -0.122. The molecular weight excluding hydrogens is 300 g/mol. The first-order valence-corrected chi connectivity index (χ1v) is 8.86. The standard InChI is InChI=1S/C19H24N4O/c24-19(16-6-7-16)20-10-8-17-13-22(12-15-4-2-1-3-5-15)14-18-9-11-21-23(17)18/h1-5,9,11,16-17H,6-8,10,12-14H2,(H,20,24)/t17-/m1/s1. The second-order valence-corrected chi connectivity index (χ2v) is 6.93. The third-order valence-electron chi connectivity index (χ3n) is 4.93. The van der Waals surface area contributed by atoms with Crippen LogP contribution in [0.1, 0.15) is 36.6 Å². The van der Waals surface area contributed by atoms with Gasteiger partial charge in [-0.2, -0.15) is 5.10 Å². The summed E-state index contributed by atoms with van der Waals surface area (Å²) in [6, 6.07) is 13.0. The quantitative estimate of drug-likeness (QED) is 0.887. The molecule has 1 aromatic heterocycles. The highest BCUT2D eigenvalue weighted by Crippen LogP contribution is 2.29. The summed E-state index contributed by atoms with van der Waals surface area (Å²) >= 11 is 0. The highest BCUT2D eigenvalue weighted by molar-refractivity contribution is 5.80. The van der Waals surface area contributed by atoms with E-state index in [0.717, 1.165) is 45.4 Å². The van der Waals surface area contributed by atoms with E-state index >= 15 is 0 Å². The molecule has 126 valence electrons. The van der Waals surface area contributed by atoms with E-state index < -0.39 is 0 Å². The number of hydrogen-bond donors (Lipinski definition) is 1. The van der Waals surface area contributed by atoms with Crippen LogP contribution >= 0.6 is 0 Å². The van der Waals surface area contributed by atoms with E-state index in [1.165, 1.54) is 11.3 Å². The predicted molar refractivity (Wildman–Crippen MR) is 92.2 cm³/mol. The van der Waals surface area contributed by atoms with Gasteiger partial charge in [-0.25, -0.2) is 0 Å². The number of nitrogens with one attached hydrogen (secondary N) is 1. The van der Waals surface area contributed by atoms with Gasteiger partial charge in [-0.1, -0.05) is 30.3 Å². The molecule has 4 rings (SSSR count). The van der Waals surface area contributed by atoms with Crippen LogP contribution in [0.3, 0.4) is 0 Å². The molecule has 1 aliphatic carbocycles. The zero-order valence-electron chi connectivity index (χ0n) is 13.9. The molecule has 1 amide bonds. The Bertz CT molecular complexity index is 692. The molecule has 0 bridgehead atoms. The number of amides is 1. The largest absolute Gasteiger partial charge is 0.356 e. The van der Waals surface area contributed by atoms with Crippen LogP contribution in [0.2, 0.25) is 0 Å². The number of fused-ring (bicyclic) bond motifs is 1. The van der Waals surface area contributed by atoms with Crippen LogP contribution in [-0.2, 0) is 17.9 Å². The fourth-order valence-corrected chi connectivity index (χ4v) is 3.49. The Morgan fingerprint density at radius 3 is 2.83 bits per heavy atom. The number of carbonyl (C=O) groups is 1. The first-order valence-electron chi connectivity index (χ1n) is 8.86. The van der Waals surface area contributed by atoms with Crippen molar-refractivity contribution in [2.75, 3.05) is 13.1 Å². The molecular formula is C19H24N4O. The molecule has 1 fully saturated rings. The van der Waals surface area contributed by atoms with Gasteiger partial charge < -0.3 is 5.32 Å². The van der Waals surface area contributed by atoms with Crippen LogP contribution < -0.4 is 5.32 Å². The van der Waals surface area contributed by atoms with Gasteiger partial charge in [0, 0.05) is 38.3 Å². The van der Waals surface area contributed by atoms with Crippen molar-refractivity contribution in [2.24, 2.45) is 5.92 Å². The van der Waals surface area contributed by atoms with Gasteiger partial charge in [0.1, 0.15) is 0 Å². The fourth-order valence-electron chi connectivity index (χ4n) is 3.49. The van der Waals surface area contributed by atoms with E-state index in [1.54, 1.807) is 0 Å². The molecule has 2 aliphatic rings. The van der Waals surface area contributed by atoms with Crippen LogP contribution in [0.25, 0.3) is 0 Å². The molecule has 5 nitrogen and oxygen atoms in total. The first kappa shape index (κ1) is 15.4. The Balaban J connectivity index is 1.38. The lowest BCUT2D eigenvalue weighted by Crippen LogP contribution is -2.39. The van der Waals surface area contributed by atoms with Gasteiger partial charge in [-0.05, 0) is 30.9 Å². The van der Waals surface area contributed by atoms with Crippen molar-refractivity contribution in [3.8, 4) is 0 Å². The smallest absolute Gasteiger partial charge is 0.223 e. The summed E-state index contributed by atoms with van der Waals surface area (Å²) in [5.74, 6) is 0.513. The average Bonchev–Trinajstić information content (AvgIpc) is 3.34. The van der Waals surface area contributed by atoms with Crippen molar-refractivity contribution in [3.05, 3.63) is 53.9 Å². The van der Waals surface area contributed by atoms with E-state index in [1.807, 2.05) is 6.20 Å². The van der Waals surface area contributed by atoms with Gasteiger partial charge in [-0.3, -0.25) is 14.4 Å². The Morgan fingerprint density at radius 1 is 1.21 bits per heavy atom. The maximum atomic E-state index is 11.8. The van der Waals surface area contributed by atoms with Gasteiger partial charge in [0.05, 0.1) is 11.7 Å². The summed E-state index contributed by atoms with van der Waals surface area (Å²) in [5, 5.41) is 7.58. The van der Waals surface area contributed by atoms with Crippen LogP contribution in [-0.4, -0.2) is 33.7 Å². The Labute approximate surface area is 142 Å². The summed E-state index contributed by atoms with van der Waals surface area (Å²) in [6.07, 6.45) is 4.93. The van der Waals surface area contributed by atoms with Crippen LogP contribution in [0.4, 0.5) is 0 Å². The Morgan fingerprint density at radius 2 is 2.04 bits per heavy atom. The fraction of sp³-hybridized carbons (Fsp3) is 0.474. The minimum Gasteiger partial charge on any atom is -0.356 e. The Hall–Kier alpha value is -2.14. The van der Waals surface area contributed by atoms with Crippen LogP contribution in [0.15, 0.2) is 42.6 Å². The van der Waals surface area contributed by atoms with E-state index in [-0.39, 0.29) is 11.8 Å². The molecule has 2 aromatic rings. The average molecular weight is 324 g/mol. The number of carbonyl (C=O) groups excluding carboxylic acids is 1. The van der Waals surface area contributed by atoms with Gasteiger partial charge in [0.25, 0.3) is 0 Å². The summed E-state index contributed by atoms with van der Waals surface area (Å²) in [7, 11) is 0. The van der Waals surface area contributed by atoms with Crippen LogP contribution in [0.5, 0.6) is 0 Å². The van der Waals surface area contributed by atoms with Gasteiger partial charge in [0.15, 0.2) is 0 Å². The van der Waals surface area contributed by atoms with Gasteiger partial charge >= 0.3 is 0 Å². The number of nitrogens with zero attached hydrogens (tertiary/aromatic N) is 3. The minimum atomic E-state index is 0.229. The van der Waals surface area contributed by atoms with E-state index in [0.29, 0.717) is 6.04 Å². The second-order valence-electron chi connectivity index (χ2n) is 6.93. The Kier molecular flexibility index (Phi) is 4.34. The van der Waals surface area contributed by atoms with E-state index in [9.17, 15) is 4.79 Å². The topological polar surface area (TPSA) is 50.2 Å². The normalized spacial score (nSPS) is 20.6. The monoisotopic (exact) mass is 324 g/mol. The molecule has 1 aliphatic heterocycles. The highest BCUT2D eigenvalue weighted by Gasteiger charge is 2.30. The summed E-state index contributed by atoms with van der Waals surface area (Å²) < 4.78 is 2.14. The maximum Gasteiger partial charge on any atom is 0.223 e. The number of aromatic nitrogens is 2. The van der Waals surface area contributed by atoms with E-state index in [2.05, 4.69) is 56.4 Å². The van der Waals surface area contributed by atoms with Gasteiger partial charge in [-0.15, -0.1) is 0 Å². The maximum absolute atomic E-state index is 11.8. The molecule has 24 heavy (non-hydrogen) atoms. The molecule has 0 saturated heterocycles. The summed E-state index contributed by atoms with van der Waals surface area (Å²) in [6.45, 7) is 3.60. The lowest BCUT2D eigenvalue weighted by Gasteiger charge is -2.34. The van der Waals surface area contributed by atoms with Crippen molar-refractivity contribution >= 4 is 5.91 Å². The zero-order valence-corrected chi connectivity index (χ0v) is 13.9. The molecule has 0 unspecified atom stereocenters. The molecule has 1 aromatic carbocycles. The molecule has 1 saturated carbocycles. The highest BCUT2D eigenvalue weighted by atomic mass is 16.2. The lowest BCUT2D eigenvalue weighted by atomic mass is 10.1. The molecule has 2 heterocycles. The van der Waals surface area contributed by atoms with Crippen molar-refractivity contribution in [2.45, 2.75) is 38.4 Å². The summed E-state index contributed by atoms with van der Waals surface area (Å²) in [5.41, 5.74) is 2.60. The number of rotatable bonds is 6. The van der Waals surface area contributed by atoms with E-state index in [4.69, 9.17) is 0 Å². The summed E-state index contributed by atoms with van der Waals surface area (Å²) in [4.78, 5) is 14.3.